The summed E-state index contributed by atoms with van der Waals surface area (Å²) in [4.78, 5) is 72.2. The van der Waals surface area contributed by atoms with Crippen LogP contribution in [0.2, 0.25) is 0 Å². The van der Waals surface area contributed by atoms with Crippen LogP contribution in [0, 0.1) is 20.8 Å². The number of carbonyl (C=O) groups is 6. The number of esters is 2. The Balaban J connectivity index is 0.000000168. The zero-order valence-corrected chi connectivity index (χ0v) is 46.4. The van der Waals surface area contributed by atoms with E-state index in [2.05, 4.69) is 58.4 Å². The molecular weight excluding hydrogens is 1140 g/mol. The smallest absolute Gasteiger partial charge is 0.336 e. The minimum atomic E-state index is -1.29. The summed E-state index contributed by atoms with van der Waals surface area (Å²) in [5, 5.41) is 24.0. The molecule has 0 saturated carbocycles. The maximum atomic E-state index is 12.8. The van der Waals surface area contributed by atoms with Gasteiger partial charge < -0.3 is 36.1 Å². The highest BCUT2D eigenvalue weighted by molar-refractivity contribution is 9.11. The number of carbonyl (C=O) groups excluding carboxylic acids is 4. The van der Waals surface area contributed by atoms with Crippen LogP contribution in [0.15, 0.2) is 141 Å². The fraction of sp³-hybridized carbons (Fsp3) is 0.276. The van der Waals surface area contributed by atoms with Crippen molar-refractivity contribution in [3.05, 3.63) is 208 Å². The summed E-state index contributed by atoms with van der Waals surface area (Å²) in [6.07, 6.45) is 2.65. The van der Waals surface area contributed by atoms with Crippen molar-refractivity contribution >= 4 is 83.5 Å². The van der Waals surface area contributed by atoms with Crippen LogP contribution < -0.4 is 16.4 Å². The predicted octanol–water partition coefficient (Wildman–Crippen LogP) is 10.2. The Morgan fingerprint density at radius 3 is 1.12 bits per heavy atom. The van der Waals surface area contributed by atoms with Gasteiger partial charge in [0.2, 0.25) is 0 Å². The number of ether oxygens (including phenoxy) is 2. The van der Waals surface area contributed by atoms with Crippen molar-refractivity contribution in [2.24, 2.45) is 5.73 Å². The third-order valence-corrected chi connectivity index (χ3v) is 14.9. The number of halogens is 3. The van der Waals surface area contributed by atoms with Crippen LogP contribution in [0.5, 0.6) is 0 Å². The van der Waals surface area contributed by atoms with Gasteiger partial charge >= 0.3 is 23.9 Å². The Hall–Kier alpha value is -6.46. The van der Waals surface area contributed by atoms with Gasteiger partial charge in [-0.05, 0) is 169 Å². The van der Waals surface area contributed by atoms with E-state index in [0.29, 0.717) is 75.2 Å². The lowest BCUT2D eigenvalue weighted by Crippen LogP contribution is -2.56. The van der Waals surface area contributed by atoms with Crippen molar-refractivity contribution in [1.82, 2.24) is 10.6 Å². The average molecular weight is 1200 g/mol. The van der Waals surface area contributed by atoms with Gasteiger partial charge in [0.05, 0.1) is 29.9 Å². The van der Waals surface area contributed by atoms with Crippen molar-refractivity contribution in [3.63, 3.8) is 0 Å². The molecule has 0 radical (unpaired) electrons. The van der Waals surface area contributed by atoms with Crippen molar-refractivity contribution in [1.29, 1.82) is 0 Å². The summed E-state index contributed by atoms with van der Waals surface area (Å²) >= 11 is 9.97. The fourth-order valence-corrected chi connectivity index (χ4v) is 11.1. The molecule has 6 N–H and O–H groups in total. The maximum absolute atomic E-state index is 12.8. The van der Waals surface area contributed by atoms with E-state index in [1.807, 2.05) is 118 Å². The van der Waals surface area contributed by atoms with Gasteiger partial charge in [0.15, 0.2) is 0 Å². The van der Waals surface area contributed by atoms with E-state index in [1.165, 1.54) is 0 Å². The molecule has 2 amide bonds. The Bertz CT molecular complexity index is 3030. The van der Waals surface area contributed by atoms with E-state index in [4.69, 9.17) is 20.3 Å². The van der Waals surface area contributed by atoms with Gasteiger partial charge in [0.25, 0.3) is 11.8 Å². The lowest BCUT2D eigenvalue weighted by atomic mass is 9.95. The molecule has 3 aliphatic carbocycles. The first-order valence-electron chi connectivity index (χ1n) is 23.9. The van der Waals surface area contributed by atoms with Gasteiger partial charge in [0.1, 0.15) is 16.6 Å². The number of aryl methyl sites for hydroxylation is 3. The third-order valence-electron chi connectivity index (χ3n) is 12.9. The first-order valence-corrected chi connectivity index (χ1v) is 26.2. The molecule has 0 spiro atoms. The molecule has 0 saturated heterocycles. The molecule has 0 unspecified atom stereocenters. The molecule has 0 fully saturated rings. The van der Waals surface area contributed by atoms with Gasteiger partial charge in [-0.25, -0.2) is 14.4 Å². The minimum Gasteiger partial charge on any atom is -0.479 e. The second-order valence-corrected chi connectivity index (χ2v) is 21.2. The number of rotatable bonds is 10. The molecule has 9 rings (SSSR count). The van der Waals surface area contributed by atoms with E-state index >= 15 is 0 Å². The Morgan fingerprint density at radius 1 is 0.486 bits per heavy atom. The minimum absolute atomic E-state index is 0.279. The van der Waals surface area contributed by atoms with Crippen LogP contribution in [0.1, 0.15) is 95.0 Å². The lowest BCUT2D eigenvalue weighted by Gasteiger charge is -2.28. The van der Waals surface area contributed by atoms with Crippen molar-refractivity contribution in [2.75, 3.05) is 13.2 Å². The molecule has 0 bridgehead atoms. The number of nitrogens with one attached hydrogen (secondary N) is 2. The number of amides is 2. The summed E-state index contributed by atoms with van der Waals surface area (Å²) in [6.45, 7) is 10.0. The normalized spacial score (nSPS) is 14.6. The van der Waals surface area contributed by atoms with E-state index < -0.39 is 28.6 Å². The number of aliphatic carboxylic acids is 1. The highest BCUT2D eigenvalue weighted by Gasteiger charge is 2.47. The molecule has 6 aromatic rings. The van der Waals surface area contributed by atoms with E-state index in [0.717, 1.165) is 50.1 Å². The molecule has 0 aliphatic heterocycles. The van der Waals surface area contributed by atoms with Crippen molar-refractivity contribution in [3.8, 4) is 0 Å². The fourth-order valence-electron chi connectivity index (χ4n) is 9.11. The van der Waals surface area contributed by atoms with Crippen LogP contribution in [0.4, 0.5) is 0 Å². The van der Waals surface area contributed by atoms with Crippen LogP contribution in [-0.2, 0) is 62.4 Å². The number of nitrogens with two attached hydrogens (primary N) is 1. The van der Waals surface area contributed by atoms with Crippen molar-refractivity contribution < 1.29 is 48.5 Å². The van der Waals surface area contributed by atoms with E-state index in [-0.39, 0.29) is 30.4 Å². The number of benzene rings is 6. The van der Waals surface area contributed by atoms with Gasteiger partial charge in [-0.15, -0.1) is 0 Å². The van der Waals surface area contributed by atoms with E-state index in [9.17, 15) is 33.9 Å². The zero-order valence-electron chi connectivity index (χ0n) is 41.7. The van der Waals surface area contributed by atoms with Crippen molar-refractivity contribution in [2.45, 2.75) is 89.8 Å². The number of hydrogen-bond donors (Lipinski definition) is 5. The molecule has 0 aromatic heterocycles. The van der Waals surface area contributed by atoms with Gasteiger partial charge in [-0.2, -0.15) is 0 Å². The Kier molecular flexibility index (Phi) is 19.0. The van der Waals surface area contributed by atoms with Crippen LogP contribution in [0.3, 0.4) is 0 Å². The number of aromatic carboxylic acids is 1. The quantitative estimate of drug-likeness (QED) is 0.0815. The second-order valence-electron chi connectivity index (χ2n) is 18.6. The number of carboxylic acids is 2. The molecule has 3 aliphatic rings. The first kappa shape index (κ1) is 56.8. The number of carboxylic acid groups (broad SMARTS) is 2. The molecule has 13 nitrogen and oxygen atoms in total. The van der Waals surface area contributed by atoms with E-state index in [1.54, 1.807) is 44.2 Å². The molecule has 0 heterocycles. The Labute approximate surface area is 456 Å². The zero-order chi connectivity index (χ0) is 54.0. The lowest BCUT2D eigenvalue weighted by molar-refractivity contribution is -0.150. The largest absolute Gasteiger partial charge is 0.479 e. The monoisotopic (exact) mass is 1190 g/mol. The topological polar surface area (TPSA) is 211 Å². The average Bonchev–Trinajstić information content (AvgIpc) is 4.04. The first-order chi connectivity index (χ1) is 35.1. The number of fused-ring (bicyclic) bond motifs is 3. The van der Waals surface area contributed by atoms with Crippen LogP contribution >= 0.6 is 47.8 Å². The summed E-state index contributed by atoms with van der Waals surface area (Å²) in [5.74, 6) is -3.26. The molecule has 6 aromatic carbocycles. The third kappa shape index (κ3) is 13.6. The molecule has 74 heavy (non-hydrogen) atoms. The molecule has 0 atom stereocenters. The summed E-state index contributed by atoms with van der Waals surface area (Å²) in [7, 11) is 0. The molecular formula is C58H58Br3N3O10. The standard InChI is InChI=1S/C20H20BrNO3.C18H16BrNO3.C12H15NO2.C8H7BrO2/c1-3-25-19(24)20(11-14-6-4-5-7-15(14)12-20)22-18(23)16-9-8-13(2)10-17(16)21;1-11-6-7-14(15(19)8-11)16(21)20-18(17(22)23)9-12-4-2-3-5-13(12)10-18;1-2-15-11(14)12(13)7-9-5-3-4-6-10(9)8-12;1-5-2-3-6(8(10)11)7(9)4-5/h4-10H,3,11-12H2,1-2H3,(H,22,23);2-8H,9-10H2,1H3,(H,20,21)(H,22,23);3-6H,2,7-8,13H2,1H3;2-4H,1H3,(H,10,11). The highest BCUT2D eigenvalue weighted by Crippen LogP contribution is 2.34. The van der Waals surface area contributed by atoms with Crippen LogP contribution in [0.25, 0.3) is 0 Å². The van der Waals surface area contributed by atoms with Crippen LogP contribution in [-0.4, -0.2) is 75.7 Å². The van der Waals surface area contributed by atoms with Gasteiger partial charge in [-0.1, -0.05) is 91.0 Å². The SMILES string of the molecule is CCOC(=O)C1(N)Cc2ccccc2C1.CCOC(=O)C1(NC(=O)c2ccc(C)cc2Br)Cc2ccccc2C1.Cc1ccc(C(=O)NC2(C(=O)O)Cc3ccccc3C2)c(Br)c1.Cc1ccc(C(=O)O)c(Br)c1. The summed E-state index contributed by atoms with van der Waals surface area (Å²) in [6, 6.07) is 39.5. The highest BCUT2D eigenvalue weighted by atomic mass is 79.9. The van der Waals surface area contributed by atoms with Gasteiger partial charge in [-0.3, -0.25) is 14.4 Å². The summed E-state index contributed by atoms with van der Waals surface area (Å²) < 4.78 is 12.3. The Morgan fingerprint density at radius 2 is 0.797 bits per heavy atom. The second kappa shape index (κ2) is 24.7. The predicted molar refractivity (Wildman–Crippen MR) is 293 cm³/mol. The number of hydrogen-bond acceptors (Lipinski definition) is 9. The molecule has 386 valence electrons. The summed E-state index contributed by atoms with van der Waals surface area (Å²) in [5.41, 5.74) is 13.6. The maximum Gasteiger partial charge on any atom is 0.336 e. The molecule has 16 heteroatoms. The van der Waals surface area contributed by atoms with Gasteiger partial charge in [0, 0.05) is 51.9 Å².